The second kappa shape index (κ2) is 4.23. The summed E-state index contributed by atoms with van der Waals surface area (Å²) in [6.07, 6.45) is -0.0222. The minimum Gasteiger partial charge on any atom is -0.449 e. The first-order valence-corrected chi connectivity index (χ1v) is 7.39. The largest absolute Gasteiger partial charge is 0.449 e. The van der Waals surface area contributed by atoms with Crippen molar-refractivity contribution in [2.75, 3.05) is 25.5 Å². The van der Waals surface area contributed by atoms with Crippen molar-refractivity contribution in [2.45, 2.75) is 6.17 Å². The van der Waals surface area contributed by atoms with E-state index in [4.69, 9.17) is 4.42 Å². The summed E-state index contributed by atoms with van der Waals surface area (Å²) >= 11 is 3.46. The van der Waals surface area contributed by atoms with Gasteiger partial charge in [-0.05, 0) is 25.2 Å². The zero-order chi connectivity index (χ0) is 13.9. The number of amides is 1. The number of likely N-dealkylation sites (tertiary alicyclic amines) is 1. The highest BCUT2D eigenvalue weighted by Gasteiger charge is 2.37. The molecule has 0 spiro atoms. The van der Waals surface area contributed by atoms with Crippen molar-refractivity contribution in [1.82, 2.24) is 10.2 Å². The summed E-state index contributed by atoms with van der Waals surface area (Å²) in [5.41, 5.74) is 1.54. The predicted molar refractivity (Wildman–Crippen MR) is 79.8 cm³/mol. The lowest BCUT2D eigenvalue weighted by Gasteiger charge is -2.42. The molecule has 1 aromatic carbocycles. The van der Waals surface area contributed by atoms with E-state index in [1.54, 1.807) is 0 Å². The van der Waals surface area contributed by atoms with Crippen LogP contribution in [0.4, 0.5) is 5.69 Å². The fourth-order valence-electron chi connectivity index (χ4n) is 2.97. The standard InChI is InChI=1S/C14H14BrN3O2/c1-18-5-7(6-18)13-16-11-9-4-8(15)2-3-10(9)20-12(11)14(19)17-13/h2-4,7,13,16H,5-6H2,1H3,(H,17,19). The number of hydrogen-bond acceptors (Lipinski definition) is 4. The third kappa shape index (κ3) is 1.75. The van der Waals surface area contributed by atoms with Gasteiger partial charge in [0.1, 0.15) is 11.7 Å². The summed E-state index contributed by atoms with van der Waals surface area (Å²) in [7, 11) is 2.08. The van der Waals surface area contributed by atoms with Crippen molar-refractivity contribution >= 4 is 38.5 Å². The van der Waals surface area contributed by atoms with Crippen LogP contribution in [0.2, 0.25) is 0 Å². The number of nitrogens with one attached hydrogen (secondary N) is 2. The zero-order valence-electron chi connectivity index (χ0n) is 10.9. The Balaban J connectivity index is 1.76. The Kier molecular flexibility index (Phi) is 2.59. The maximum absolute atomic E-state index is 12.2. The molecule has 1 aromatic heterocycles. The molecule has 1 atom stereocenters. The van der Waals surface area contributed by atoms with Gasteiger partial charge < -0.3 is 20.0 Å². The molecule has 5 nitrogen and oxygen atoms in total. The molecule has 2 aliphatic heterocycles. The van der Waals surface area contributed by atoms with E-state index in [9.17, 15) is 4.79 Å². The minimum absolute atomic E-state index is 0.0222. The number of furan rings is 1. The highest BCUT2D eigenvalue weighted by molar-refractivity contribution is 9.10. The van der Waals surface area contributed by atoms with E-state index in [1.165, 1.54) is 0 Å². The van der Waals surface area contributed by atoms with Gasteiger partial charge in [0, 0.05) is 28.9 Å². The Hall–Kier alpha value is -1.53. The maximum Gasteiger partial charge on any atom is 0.290 e. The van der Waals surface area contributed by atoms with Gasteiger partial charge in [0.05, 0.1) is 5.69 Å². The van der Waals surface area contributed by atoms with Crippen LogP contribution in [-0.2, 0) is 0 Å². The molecule has 0 bridgehead atoms. The first-order valence-electron chi connectivity index (χ1n) is 6.60. The number of benzene rings is 1. The van der Waals surface area contributed by atoms with Crippen LogP contribution in [0.1, 0.15) is 10.6 Å². The Morgan fingerprint density at radius 2 is 2.15 bits per heavy atom. The molecule has 1 amide bonds. The van der Waals surface area contributed by atoms with E-state index < -0.39 is 0 Å². The number of rotatable bonds is 1. The van der Waals surface area contributed by atoms with Gasteiger partial charge in [-0.25, -0.2) is 0 Å². The number of anilines is 1. The molecule has 104 valence electrons. The molecule has 2 aromatic rings. The number of halogens is 1. The average molecular weight is 336 g/mol. The van der Waals surface area contributed by atoms with E-state index in [1.807, 2.05) is 18.2 Å². The Morgan fingerprint density at radius 1 is 1.35 bits per heavy atom. The smallest absolute Gasteiger partial charge is 0.290 e. The summed E-state index contributed by atoms with van der Waals surface area (Å²) in [4.78, 5) is 14.4. The quantitative estimate of drug-likeness (QED) is 0.839. The van der Waals surface area contributed by atoms with Crippen molar-refractivity contribution in [2.24, 2.45) is 5.92 Å². The summed E-state index contributed by atoms with van der Waals surface area (Å²) in [6, 6.07) is 5.76. The van der Waals surface area contributed by atoms with Gasteiger partial charge in [-0.15, -0.1) is 0 Å². The Labute approximate surface area is 124 Å². The molecule has 6 heteroatoms. The molecule has 3 heterocycles. The van der Waals surface area contributed by atoms with Crippen LogP contribution in [-0.4, -0.2) is 37.1 Å². The normalized spacial score (nSPS) is 23.1. The van der Waals surface area contributed by atoms with E-state index in [0.29, 0.717) is 11.7 Å². The van der Waals surface area contributed by atoms with Crippen molar-refractivity contribution in [3.8, 4) is 0 Å². The molecule has 0 radical (unpaired) electrons. The zero-order valence-corrected chi connectivity index (χ0v) is 12.5. The monoisotopic (exact) mass is 335 g/mol. The minimum atomic E-state index is -0.134. The van der Waals surface area contributed by atoms with Crippen LogP contribution < -0.4 is 10.6 Å². The lowest BCUT2D eigenvalue weighted by molar-refractivity contribution is 0.0776. The molecule has 1 fully saturated rings. The summed E-state index contributed by atoms with van der Waals surface area (Å²) in [6.45, 7) is 1.99. The van der Waals surface area contributed by atoms with Crippen molar-refractivity contribution in [1.29, 1.82) is 0 Å². The fourth-order valence-corrected chi connectivity index (χ4v) is 3.33. The number of nitrogens with zero attached hydrogens (tertiary/aromatic N) is 1. The molecule has 1 unspecified atom stereocenters. The second-order valence-corrected chi connectivity index (χ2v) is 6.44. The van der Waals surface area contributed by atoms with Crippen LogP contribution in [0.15, 0.2) is 27.1 Å². The van der Waals surface area contributed by atoms with Gasteiger partial charge in [-0.3, -0.25) is 4.79 Å². The van der Waals surface area contributed by atoms with Crippen LogP contribution in [0.25, 0.3) is 11.0 Å². The SMILES string of the molecule is CN1CC(C2NC(=O)c3oc4ccc(Br)cc4c3N2)C1. The molecular formula is C14H14BrN3O2. The van der Waals surface area contributed by atoms with Gasteiger partial charge in [0.2, 0.25) is 5.76 Å². The highest BCUT2D eigenvalue weighted by atomic mass is 79.9. The molecular weight excluding hydrogens is 322 g/mol. The first kappa shape index (κ1) is 12.2. The molecule has 20 heavy (non-hydrogen) atoms. The van der Waals surface area contributed by atoms with Crippen LogP contribution >= 0.6 is 15.9 Å². The van der Waals surface area contributed by atoms with E-state index >= 15 is 0 Å². The Morgan fingerprint density at radius 3 is 2.90 bits per heavy atom. The fraction of sp³-hybridized carbons (Fsp3) is 0.357. The lowest BCUT2D eigenvalue weighted by Crippen LogP contribution is -2.59. The molecule has 0 saturated carbocycles. The summed E-state index contributed by atoms with van der Waals surface area (Å²) < 4.78 is 6.63. The topological polar surface area (TPSA) is 57.5 Å². The third-order valence-electron chi connectivity index (χ3n) is 4.01. The van der Waals surface area contributed by atoms with Gasteiger partial charge >= 0.3 is 0 Å². The summed E-state index contributed by atoms with van der Waals surface area (Å²) in [5.74, 6) is 0.682. The molecule has 2 aliphatic rings. The Bertz CT molecular complexity index is 706. The number of hydrogen-bond donors (Lipinski definition) is 2. The molecule has 2 N–H and O–H groups in total. The molecule has 4 rings (SSSR count). The van der Waals surface area contributed by atoms with Crippen LogP contribution in [0, 0.1) is 5.92 Å². The first-order chi connectivity index (χ1) is 9.61. The van der Waals surface area contributed by atoms with Crippen molar-refractivity contribution < 1.29 is 9.21 Å². The number of fused-ring (bicyclic) bond motifs is 3. The van der Waals surface area contributed by atoms with E-state index in [2.05, 4.69) is 38.5 Å². The van der Waals surface area contributed by atoms with E-state index in [-0.39, 0.29) is 12.1 Å². The number of carbonyl (C=O) groups excluding carboxylic acids is 1. The molecule has 1 saturated heterocycles. The van der Waals surface area contributed by atoms with Crippen LogP contribution in [0.3, 0.4) is 0 Å². The van der Waals surface area contributed by atoms with Gasteiger partial charge in [0.15, 0.2) is 0 Å². The lowest BCUT2D eigenvalue weighted by atomic mass is 9.95. The van der Waals surface area contributed by atoms with Gasteiger partial charge in [-0.1, -0.05) is 15.9 Å². The second-order valence-electron chi connectivity index (χ2n) is 5.52. The average Bonchev–Trinajstić information content (AvgIpc) is 2.74. The predicted octanol–water partition coefficient (Wildman–Crippen LogP) is 2.24. The third-order valence-corrected chi connectivity index (χ3v) is 4.50. The van der Waals surface area contributed by atoms with Crippen molar-refractivity contribution in [3.63, 3.8) is 0 Å². The number of carbonyl (C=O) groups is 1. The van der Waals surface area contributed by atoms with E-state index in [0.717, 1.165) is 34.2 Å². The van der Waals surface area contributed by atoms with Gasteiger partial charge in [0.25, 0.3) is 5.91 Å². The summed E-state index contributed by atoms with van der Waals surface area (Å²) in [5, 5.41) is 7.36. The van der Waals surface area contributed by atoms with Crippen LogP contribution in [0.5, 0.6) is 0 Å². The van der Waals surface area contributed by atoms with Crippen molar-refractivity contribution in [3.05, 3.63) is 28.4 Å². The molecule has 0 aliphatic carbocycles. The highest BCUT2D eigenvalue weighted by Crippen LogP contribution is 2.36. The van der Waals surface area contributed by atoms with Gasteiger partial charge in [-0.2, -0.15) is 0 Å². The maximum atomic E-state index is 12.2.